The van der Waals surface area contributed by atoms with Crippen molar-refractivity contribution >= 4 is 40.6 Å². The van der Waals surface area contributed by atoms with Gasteiger partial charge in [0, 0.05) is 29.7 Å². The van der Waals surface area contributed by atoms with Crippen LogP contribution in [0.5, 0.6) is 11.5 Å². The second kappa shape index (κ2) is 8.90. The van der Waals surface area contributed by atoms with Gasteiger partial charge in [-0.3, -0.25) is 15.0 Å². The summed E-state index contributed by atoms with van der Waals surface area (Å²) in [6.45, 7) is 4.95. The van der Waals surface area contributed by atoms with E-state index in [-0.39, 0.29) is 13.3 Å². The molecule has 3 amide bonds. The molecule has 0 saturated heterocycles. The number of benzene rings is 1. The van der Waals surface area contributed by atoms with E-state index in [0.717, 1.165) is 4.88 Å². The van der Waals surface area contributed by atoms with E-state index in [4.69, 9.17) is 21.1 Å². The number of halogens is 1. The first-order chi connectivity index (χ1) is 13.0. The molecule has 0 radical (unpaired) electrons. The molecule has 9 heteroatoms. The molecule has 0 fully saturated rings. The van der Waals surface area contributed by atoms with Crippen LogP contribution < -0.4 is 20.1 Å². The Labute approximate surface area is 165 Å². The number of anilines is 1. The third kappa shape index (κ3) is 5.46. The first-order valence-corrected chi connectivity index (χ1v) is 9.31. The minimum Gasteiger partial charge on any atom is -0.454 e. The number of rotatable bonds is 7. The molecule has 1 aliphatic heterocycles. The molecule has 0 atom stereocenters. The Kier molecular flexibility index (Phi) is 6.33. The van der Waals surface area contributed by atoms with E-state index >= 15 is 0 Å². The van der Waals surface area contributed by atoms with Crippen LogP contribution in [0.2, 0.25) is 4.34 Å². The van der Waals surface area contributed by atoms with Crippen LogP contribution in [0.15, 0.2) is 43.0 Å². The van der Waals surface area contributed by atoms with E-state index in [2.05, 4.69) is 17.2 Å². The van der Waals surface area contributed by atoms with Crippen LogP contribution in [0, 0.1) is 0 Å². The Balaban J connectivity index is 1.51. The summed E-state index contributed by atoms with van der Waals surface area (Å²) < 4.78 is 11.2. The molecular formula is C18H18ClN3O4S. The van der Waals surface area contributed by atoms with Crippen molar-refractivity contribution in [1.29, 1.82) is 0 Å². The van der Waals surface area contributed by atoms with Crippen molar-refractivity contribution in [2.45, 2.75) is 6.54 Å². The van der Waals surface area contributed by atoms with Gasteiger partial charge in [-0.15, -0.1) is 17.9 Å². The van der Waals surface area contributed by atoms with Gasteiger partial charge in [0.25, 0.3) is 0 Å². The van der Waals surface area contributed by atoms with Gasteiger partial charge in [0.2, 0.25) is 12.7 Å². The summed E-state index contributed by atoms with van der Waals surface area (Å²) in [5, 5.41) is 4.92. The lowest BCUT2D eigenvalue weighted by Gasteiger charge is -2.19. The maximum absolute atomic E-state index is 12.2. The van der Waals surface area contributed by atoms with Gasteiger partial charge in [-0.25, -0.2) is 4.79 Å². The van der Waals surface area contributed by atoms with Crippen LogP contribution in [-0.2, 0) is 11.3 Å². The van der Waals surface area contributed by atoms with Crippen molar-refractivity contribution < 1.29 is 19.1 Å². The fourth-order valence-electron chi connectivity index (χ4n) is 2.53. The maximum Gasteiger partial charge on any atom is 0.325 e. The van der Waals surface area contributed by atoms with Gasteiger partial charge in [0.1, 0.15) is 0 Å². The molecule has 0 aliphatic carbocycles. The number of amides is 3. The summed E-state index contributed by atoms with van der Waals surface area (Å²) in [7, 11) is 0. The number of urea groups is 1. The third-order valence-corrected chi connectivity index (χ3v) is 4.86. The maximum atomic E-state index is 12.2. The van der Waals surface area contributed by atoms with Gasteiger partial charge in [-0.1, -0.05) is 17.7 Å². The number of hydrogen-bond donors (Lipinski definition) is 2. The molecule has 1 aromatic carbocycles. The van der Waals surface area contributed by atoms with Crippen LogP contribution in [0.1, 0.15) is 4.88 Å². The van der Waals surface area contributed by atoms with E-state index in [1.54, 1.807) is 24.3 Å². The lowest BCUT2D eigenvalue weighted by atomic mass is 10.3. The first-order valence-electron chi connectivity index (χ1n) is 8.11. The van der Waals surface area contributed by atoms with E-state index in [1.165, 1.54) is 11.3 Å². The highest BCUT2D eigenvalue weighted by atomic mass is 35.5. The monoisotopic (exact) mass is 407 g/mol. The standard InChI is InChI=1S/C18H18ClN3O4S/c1-2-7-22(9-13-4-6-16(19)27-13)10-17(23)21-18(24)20-12-3-5-14-15(8-12)26-11-25-14/h2-6,8H,1,7,9-11H2,(H2,20,21,23,24). The van der Waals surface area contributed by atoms with Gasteiger partial charge in [0.05, 0.1) is 10.9 Å². The Morgan fingerprint density at radius 1 is 1.26 bits per heavy atom. The second-order valence-corrected chi connectivity index (χ2v) is 7.53. The molecule has 2 aromatic rings. The molecule has 1 aliphatic rings. The second-order valence-electron chi connectivity index (χ2n) is 5.73. The van der Waals surface area contributed by atoms with Crippen LogP contribution in [-0.4, -0.2) is 36.7 Å². The third-order valence-electron chi connectivity index (χ3n) is 3.65. The van der Waals surface area contributed by atoms with Crippen molar-refractivity contribution in [2.24, 2.45) is 0 Å². The largest absolute Gasteiger partial charge is 0.454 e. The van der Waals surface area contributed by atoms with Gasteiger partial charge in [-0.2, -0.15) is 0 Å². The number of thiophene rings is 1. The van der Waals surface area contributed by atoms with E-state index in [1.807, 2.05) is 17.0 Å². The number of nitrogens with zero attached hydrogens (tertiary/aromatic N) is 1. The van der Waals surface area contributed by atoms with Crippen molar-refractivity contribution in [3.05, 3.63) is 52.2 Å². The number of carbonyl (C=O) groups excluding carboxylic acids is 2. The molecule has 0 unspecified atom stereocenters. The molecule has 1 aromatic heterocycles. The Morgan fingerprint density at radius 3 is 2.81 bits per heavy atom. The van der Waals surface area contributed by atoms with Crippen molar-refractivity contribution in [3.8, 4) is 11.5 Å². The van der Waals surface area contributed by atoms with Crippen LogP contribution >= 0.6 is 22.9 Å². The zero-order valence-corrected chi connectivity index (χ0v) is 15.9. The SMILES string of the molecule is C=CCN(CC(=O)NC(=O)Nc1ccc2c(c1)OCO2)Cc1ccc(Cl)s1. The molecule has 7 nitrogen and oxygen atoms in total. The fourth-order valence-corrected chi connectivity index (χ4v) is 3.66. The average molecular weight is 408 g/mol. The van der Waals surface area contributed by atoms with Gasteiger partial charge in [0.15, 0.2) is 11.5 Å². The summed E-state index contributed by atoms with van der Waals surface area (Å²) in [4.78, 5) is 27.1. The number of fused-ring (bicyclic) bond motifs is 1. The highest BCUT2D eigenvalue weighted by Crippen LogP contribution is 2.34. The number of imide groups is 1. The minimum atomic E-state index is -0.614. The Hall–Kier alpha value is -2.55. The molecule has 3 rings (SSSR count). The topological polar surface area (TPSA) is 79.9 Å². The number of ether oxygens (including phenoxy) is 2. The molecule has 0 spiro atoms. The van der Waals surface area contributed by atoms with Crippen LogP contribution in [0.4, 0.5) is 10.5 Å². The molecule has 0 bridgehead atoms. The average Bonchev–Trinajstić information content (AvgIpc) is 3.23. The van der Waals surface area contributed by atoms with Gasteiger partial charge >= 0.3 is 6.03 Å². The van der Waals surface area contributed by atoms with Gasteiger partial charge in [-0.05, 0) is 24.3 Å². The van der Waals surface area contributed by atoms with Crippen LogP contribution in [0.25, 0.3) is 0 Å². The summed E-state index contributed by atoms with van der Waals surface area (Å²) in [5.74, 6) is 0.745. The molecule has 142 valence electrons. The first kappa shape index (κ1) is 19.2. The van der Waals surface area contributed by atoms with E-state index < -0.39 is 11.9 Å². The smallest absolute Gasteiger partial charge is 0.325 e. The molecule has 0 saturated carbocycles. The minimum absolute atomic E-state index is 0.0517. The summed E-state index contributed by atoms with van der Waals surface area (Å²) in [5.41, 5.74) is 0.501. The quantitative estimate of drug-likeness (QED) is 0.687. The predicted octanol–water partition coefficient (Wildman–Crippen LogP) is 3.47. The molecule has 2 heterocycles. The normalized spacial score (nSPS) is 12.1. The van der Waals surface area contributed by atoms with E-state index in [9.17, 15) is 9.59 Å². The van der Waals surface area contributed by atoms with E-state index in [0.29, 0.717) is 34.6 Å². The number of hydrogen-bond acceptors (Lipinski definition) is 6. The number of carbonyl (C=O) groups is 2. The highest BCUT2D eigenvalue weighted by molar-refractivity contribution is 7.16. The summed E-state index contributed by atoms with van der Waals surface area (Å²) in [6, 6.07) is 8.10. The lowest BCUT2D eigenvalue weighted by Crippen LogP contribution is -2.41. The molecular weight excluding hydrogens is 390 g/mol. The van der Waals surface area contributed by atoms with Crippen LogP contribution in [0.3, 0.4) is 0 Å². The lowest BCUT2D eigenvalue weighted by molar-refractivity contribution is -0.121. The van der Waals surface area contributed by atoms with Crippen molar-refractivity contribution in [3.63, 3.8) is 0 Å². The summed E-state index contributed by atoms with van der Waals surface area (Å²) in [6.07, 6.45) is 1.70. The molecule has 2 N–H and O–H groups in total. The van der Waals surface area contributed by atoms with Crippen molar-refractivity contribution in [2.75, 3.05) is 25.2 Å². The van der Waals surface area contributed by atoms with Crippen molar-refractivity contribution in [1.82, 2.24) is 10.2 Å². The molecule has 27 heavy (non-hydrogen) atoms. The highest BCUT2D eigenvalue weighted by Gasteiger charge is 2.16. The Bertz CT molecular complexity index is 855. The predicted molar refractivity (Wildman–Crippen MR) is 105 cm³/mol. The number of nitrogens with one attached hydrogen (secondary N) is 2. The zero-order chi connectivity index (χ0) is 19.2. The Morgan fingerprint density at radius 2 is 2.07 bits per heavy atom. The fraction of sp³-hybridized carbons (Fsp3) is 0.222. The van der Waals surface area contributed by atoms with Gasteiger partial charge < -0.3 is 14.8 Å². The summed E-state index contributed by atoms with van der Waals surface area (Å²) >= 11 is 7.39. The zero-order valence-electron chi connectivity index (χ0n) is 14.4.